The number of hydrogen-bond donors (Lipinski definition) is 1. The Hall–Kier alpha value is -2.69. The number of anilines is 1. The highest BCUT2D eigenvalue weighted by atomic mass is 16.2. The van der Waals surface area contributed by atoms with Gasteiger partial charge in [0.15, 0.2) is 0 Å². The third-order valence-corrected chi connectivity index (χ3v) is 2.94. The minimum absolute atomic E-state index is 0.0271. The molecular formula is C16H17N3O2. The van der Waals surface area contributed by atoms with Gasteiger partial charge in [-0.25, -0.2) is 4.98 Å². The molecule has 1 aromatic carbocycles. The van der Waals surface area contributed by atoms with Crippen molar-refractivity contribution in [1.29, 1.82) is 0 Å². The predicted molar refractivity (Wildman–Crippen MR) is 82.0 cm³/mol. The number of aromatic nitrogens is 1. The Bertz CT molecular complexity index is 646. The van der Waals surface area contributed by atoms with E-state index in [-0.39, 0.29) is 11.8 Å². The first-order chi connectivity index (χ1) is 9.97. The molecule has 1 N–H and O–H groups in total. The molecule has 0 radical (unpaired) electrons. The van der Waals surface area contributed by atoms with Crippen LogP contribution < -0.4 is 5.32 Å². The summed E-state index contributed by atoms with van der Waals surface area (Å²) in [6, 6.07) is 11.0. The molecule has 0 spiro atoms. The summed E-state index contributed by atoms with van der Waals surface area (Å²) in [6.45, 7) is 1.44. The van der Waals surface area contributed by atoms with Gasteiger partial charge in [0.1, 0.15) is 5.82 Å². The first kappa shape index (κ1) is 14.7. The molecule has 0 unspecified atom stereocenters. The van der Waals surface area contributed by atoms with Crippen molar-refractivity contribution in [2.75, 3.05) is 19.4 Å². The maximum atomic E-state index is 11.8. The Morgan fingerprint density at radius 3 is 2.10 bits per heavy atom. The van der Waals surface area contributed by atoms with E-state index in [2.05, 4.69) is 10.3 Å². The van der Waals surface area contributed by atoms with E-state index in [0.717, 1.165) is 11.1 Å². The van der Waals surface area contributed by atoms with E-state index in [4.69, 9.17) is 0 Å². The number of carbonyl (C=O) groups is 2. The molecule has 0 fully saturated rings. The summed E-state index contributed by atoms with van der Waals surface area (Å²) in [5.74, 6) is 0.341. The van der Waals surface area contributed by atoms with Crippen molar-refractivity contribution in [2.45, 2.75) is 6.92 Å². The predicted octanol–water partition coefficient (Wildman–Crippen LogP) is 2.41. The van der Waals surface area contributed by atoms with E-state index in [1.807, 2.05) is 18.2 Å². The number of carbonyl (C=O) groups excluding carboxylic acids is 2. The van der Waals surface area contributed by atoms with E-state index in [1.165, 1.54) is 6.92 Å². The zero-order valence-corrected chi connectivity index (χ0v) is 12.3. The van der Waals surface area contributed by atoms with Crippen LogP contribution in [0.2, 0.25) is 0 Å². The van der Waals surface area contributed by atoms with Gasteiger partial charge in [0.25, 0.3) is 5.91 Å². The molecule has 0 atom stereocenters. The number of nitrogens with zero attached hydrogens (tertiary/aromatic N) is 2. The standard InChI is InChI=1S/C16H17N3O2/c1-11(20)18-15-9-8-14(10-17-15)12-4-6-13(7-5-12)16(21)19(2)3/h4-10H,1-3H3,(H,17,18,20). The zero-order valence-electron chi connectivity index (χ0n) is 12.3. The smallest absolute Gasteiger partial charge is 0.253 e. The van der Waals surface area contributed by atoms with Crippen molar-refractivity contribution < 1.29 is 9.59 Å². The first-order valence-corrected chi connectivity index (χ1v) is 6.53. The third kappa shape index (κ3) is 3.66. The summed E-state index contributed by atoms with van der Waals surface area (Å²) >= 11 is 0. The lowest BCUT2D eigenvalue weighted by atomic mass is 10.1. The van der Waals surface area contributed by atoms with Crippen molar-refractivity contribution in [3.05, 3.63) is 48.2 Å². The summed E-state index contributed by atoms with van der Waals surface area (Å²) in [7, 11) is 3.45. The molecule has 0 saturated heterocycles. The average Bonchev–Trinajstić information content (AvgIpc) is 2.47. The van der Waals surface area contributed by atoms with Crippen LogP contribution in [0.15, 0.2) is 42.6 Å². The first-order valence-electron chi connectivity index (χ1n) is 6.53. The van der Waals surface area contributed by atoms with Crippen LogP contribution in [0, 0.1) is 0 Å². The number of pyridine rings is 1. The molecule has 0 aliphatic heterocycles. The monoisotopic (exact) mass is 283 g/mol. The molecule has 21 heavy (non-hydrogen) atoms. The van der Waals surface area contributed by atoms with E-state index in [1.54, 1.807) is 43.4 Å². The van der Waals surface area contributed by atoms with Gasteiger partial charge in [-0.3, -0.25) is 9.59 Å². The lowest BCUT2D eigenvalue weighted by Crippen LogP contribution is -2.21. The molecule has 2 amide bonds. The van der Waals surface area contributed by atoms with Crippen LogP contribution in [0.5, 0.6) is 0 Å². The largest absolute Gasteiger partial charge is 0.345 e. The van der Waals surface area contributed by atoms with Crippen LogP contribution in [-0.4, -0.2) is 35.8 Å². The molecule has 2 aromatic rings. The molecule has 108 valence electrons. The molecule has 5 heteroatoms. The van der Waals surface area contributed by atoms with Crippen LogP contribution in [0.3, 0.4) is 0 Å². The number of amides is 2. The molecule has 5 nitrogen and oxygen atoms in total. The van der Waals surface area contributed by atoms with Gasteiger partial charge in [0.2, 0.25) is 5.91 Å². The second-order valence-corrected chi connectivity index (χ2v) is 4.89. The Kier molecular flexibility index (Phi) is 4.33. The average molecular weight is 283 g/mol. The maximum Gasteiger partial charge on any atom is 0.253 e. The van der Waals surface area contributed by atoms with Gasteiger partial charge in [-0.15, -0.1) is 0 Å². The summed E-state index contributed by atoms with van der Waals surface area (Å²) in [6.07, 6.45) is 1.69. The number of benzene rings is 1. The SMILES string of the molecule is CC(=O)Nc1ccc(-c2ccc(C(=O)N(C)C)cc2)cn1. The van der Waals surface area contributed by atoms with Crippen LogP contribution in [0.1, 0.15) is 17.3 Å². The minimum atomic E-state index is -0.151. The second-order valence-electron chi connectivity index (χ2n) is 4.89. The Labute approximate surface area is 123 Å². The van der Waals surface area contributed by atoms with E-state index in [9.17, 15) is 9.59 Å². The van der Waals surface area contributed by atoms with Gasteiger partial charge >= 0.3 is 0 Å². The fourth-order valence-electron chi connectivity index (χ4n) is 1.88. The second kappa shape index (κ2) is 6.17. The minimum Gasteiger partial charge on any atom is -0.345 e. The van der Waals surface area contributed by atoms with Gasteiger partial charge in [-0.2, -0.15) is 0 Å². The maximum absolute atomic E-state index is 11.8. The summed E-state index contributed by atoms with van der Waals surface area (Å²) < 4.78 is 0. The molecule has 0 aliphatic carbocycles. The van der Waals surface area contributed by atoms with Crippen molar-refractivity contribution in [3.63, 3.8) is 0 Å². The van der Waals surface area contributed by atoms with Crippen molar-refractivity contribution in [3.8, 4) is 11.1 Å². The van der Waals surface area contributed by atoms with Crippen LogP contribution >= 0.6 is 0 Å². The van der Waals surface area contributed by atoms with Crippen molar-refractivity contribution in [2.24, 2.45) is 0 Å². The molecule has 2 rings (SSSR count). The zero-order chi connectivity index (χ0) is 15.4. The van der Waals surface area contributed by atoms with Gasteiger partial charge < -0.3 is 10.2 Å². The Morgan fingerprint density at radius 1 is 1.00 bits per heavy atom. The number of rotatable bonds is 3. The van der Waals surface area contributed by atoms with E-state index < -0.39 is 0 Å². The summed E-state index contributed by atoms with van der Waals surface area (Å²) in [5, 5.41) is 2.62. The molecule has 0 bridgehead atoms. The Balaban J connectivity index is 2.19. The van der Waals surface area contributed by atoms with Gasteiger partial charge in [-0.1, -0.05) is 12.1 Å². The normalized spacial score (nSPS) is 10.0. The number of hydrogen-bond acceptors (Lipinski definition) is 3. The lowest BCUT2D eigenvalue weighted by Gasteiger charge is -2.10. The molecule has 1 aromatic heterocycles. The molecule has 0 saturated carbocycles. The highest BCUT2D eigenvalue weighted by Crippen LogP contribution is 2.20. The summed E-state index contributed by atoms with van der Waals surface area (Å²) in [4.78, 5) is 28.5. The lowest BCUT2D eigenvalue weighted by molar-refractivity contribution is -0.114. The van der Waals surface area contributed by atoms with Gasteiger partial charge in [0, 0.05) is 38.3 Å². The van der Waals surface area contributed by atoms with E-state index >= 15 is 0 Å². The number of nitrogens with one attached hydrogen (secondary N) is 1. The van der Waals surface area contributed by atoms with Gasteiger partial charge in [-0.05, 0) is 29.8 Å². The molecular weight excluding hydrogens is 266 g/mol. The summed E-state index contributed by atoms with van der Waals surface area (Å²) in [5.41, 5.74) is 2.53. The van der Waals surface area contributed by atoms with Crippen LogP contribution in [0.4, 0.5) is 5.82 Å². The van der Waals surface area contributed by atoms with Crippen LogP contribution in [-0.2, 0) is 4.79 Å². The fourth-order valence-corrected chi connectivity index (χ4v) is 1.88. The topological polar surface area (TPSA) is 62.3 Å². The third-order valence-electron chi connectivity index (χ3n) is 2.94. The van der Waals surface area contributed by atoms with Crippen LogP contribution in [0.25, 0.3) is 11.1 Å². The molecule has 1 heterocycles. The Morgan fingerprint density at radius 2 is 1.62 bits per heavy atom. The highest BCUT2D eigenvalue weighted by Gasteiger charge is 2.08. The highest BCUT2D eigenvalue weighted by molar-refractivity contribution is 5.94. The molecule has 0 aliphatic rings. The van der Waals surface area contributed by atoms with E-state index in [0.29, 0.717) is 11.4 Å². The quantitative estimate of drug-likeness (QED) is 0.941. The van der Waals surface area contributed by atoms with Gasteiger partial charge in [0.05, 0.1) is 0 Å². The fraction of sp³-hybridized carbons (Fsp3) is 0.188. The van der Waals surface area contributed by atoms with Crippen molar-refractivity contribution in [1.82, 2.24) is 9.88 Å². The van der Waals surface area contributed by atoms with Crippen molar-refractivity contribution >= 4 is 17.6 Å².